The minimum atomic E-state index is -0.270. The van der Waals surface area contributed by atoms with Crippen molar-refractivity contribution < 1.29 is 9.53 Å². The predicted molar refractivity (Wildman–Crippen MR) is 61.2 cm³/mol. The molecule has 0 atom stereocenters. The maximum absolute atomic E-state index is 11.4. The lowest BCUT2D eigenvalue weighted by Crippen LogP contribution is -2.12. The van der Waals surface area contributed by atoms with Crippen molar-refractivity contribution >= 4 is 5.97 Å². The van der Waals surface area contributed by atoms with Gasteiger partial charge in [-0.25, -0.2) is 4.79 Å². The lowest BCUT2D eigenvalue weighted by atomic mass is 9.85. The molecule has 0 heterocycles. The molecule has 0 N–H and O–H groups in total. The number of hydrogen-bond donors (Lipinski definition) is 0. The fourth-order valence-corrected chi connectivity index (χ4v) is 1.47. The van der Waals surface area contributed by atoms with Gasteiger partial charge in [-0.15, -0.1) is 0 Å². The molecule has 0 radical (unpaired) electrons. The lowest BCUT2D eigenvalue weighted by Gasteiger charge is -2.20. The summed E-state index contributed by atoms with van der Waals surface area (Å²) in [6.07, 6.45) is 0. The number of rotatable bonds is 1. The van der Waals surface area contributed by atoms with E-state index in [0.717, 1.165) is 5.56 Å². The van der Waals surface area contributed by atoms with E-state index in [0.29, 0.717) is 5.56 Å². The molecule has 82 valence electrons. The van der Waals surface area contributed by atoms with Gasteiger partial charge in [0.15, 0.2) is 0 Å². The minimum absolute atomic E-state index is 0.111. The molecule has 2 nitrogen and oxygen atoms in total. The Balaban J connectivity index is 3.15. The van der Waals surface area contributed by atoms with Crippen LogP contribution in [0.15, 0.2) is 18.2 Å². The number of esters is 1. The van der Waals surface area contributed by atoms with Crippen LogP contribution in [0.2, 0.25) is 0 Å². The maximum Gasteiger partial charge on any atom is 0.338 e. The zero-order valence-electron chi connectivity index (χ0n) is 10.0. The van der Waals surface area contributed by atoms with Crippen molar-refractivity contribution in [1.82, 2.24) is 0 Å². The van der Waals surface area contributed by atoms with Crippen LogP contribution in [0, 0.1) is 6.92 Å². The van der Waals surface area contributed by atoms with Gasteiger partial charge in [0, 0.05) is 0 Å². The van der Waals surface area contributed by atoms with Crippen molar-refractivity contribution in [3.63, 3.8) is 0 Å². The van der Waals surface area contributed by atoms with Crippen molar-refractivity contribution in [3.8, 4) is 0 Å². The van der Waals surface area contributed by atoms with E-state index in [4.69, 9.17) is 4.74 Å². The van der Waals surface area contributed by atoms with Crippen LogP contribution < -0.4 is 0 Å². The normalized spacial score (nSPS) is 11.3. The van der Waals surface area contributed by atoms with Crippen LogP contribution in [-0.4, -0.2) is 13.1 Å². The predicted octanol–water partition coefficient (Wildman–Crippen LogP) is 3.08. The van der Waals surface area contributed by atoms with Crippen molar-refractivity contribution in [2.75, 3.05) is 7.11 Å². The van der Waals surface area contributed by atoms with Crippen LogP contribution in [0.5, 0.6) is 0 Å². The summed E-state index contributed by atoms with van der Waals surface area (Å²) in [4.78, 5) is 11.4. The number of methoxy groups -OCH3 is 1. The number of carbonyl (C=O) groups excluding carboxylic acids is 1. The molecule has 0 amide bonds. The molecular weight excluding hydrogens is 188 g/mol. The Hall–Kier alpha value is -1.31. The molecule has 2 heteroatoms. The summed E-state index contributed by atoms with van der Waals surface area (Å²) in [5.41, 5.74) is 2.95. The van der Waals surface area contributed by atoms with Crippen molar-refractivity contribution in [2.24, 2.45) is 0 Å². The van der Waals surface area contributed by atoms with E-state index in [1.165, 1.54) is 12.7 Å². The molecule has 0 aliphatic rings. The van der Waals surface area contributed by atoms with E-state index < -0.39 is 0 Å². The van der Waals surface area contributed by atoms with E-state index in [2.05, 4.69) is 20.8 Å². The first-order valence-corrected chi connectivity index (χ1v) is 5.05. The van der Waals surface area contributed by atoms with E-state index >= 15 is 0 Å². The minimum Gasteiger partial charge on any atom is -0.465 e. The molecular formula is C13H18O2. The van der Waals surface area contributed by atoms with Crippen LogP contribution in [0.25, 0.3) is 0 Å². The van der Waals surface area contributed by atoms with Crippen LogP contribution in [0.3, 0.4) is 0 Å². The molecule has 0 aliphatic heterocycles. The monoisotopic (exact) mass is 206 g/mol. The van der Waals surface area contributed by atoms with Crippen molar-refractivity contribution in [3.05, 3.63) is 34.9 Å². The topological polar surface area (TPSA) is 26.3 Å². The quantitative estimate of drug-likeness (QED) is 0.660. The number of aryl methyl sites for hydroxylation is 1. The van der Waals surface area contributed by atoms with Crippen LogP contribution in [0.4, 0.5) is 0 Å². The summed E-state index contributed by atoms with van der Waals surface area (Å²) in [5, 5.41) is 0. The molecule has 0 unspecified atom stereocenters. The fourth-order valence-electron chi connectivity index (χ4n) is 1.47. The molecule has 0 spiro atoms. The Labute approximate surface area is 91.3 Å². The van der Waals surface area contributed by atoms with Gasteiger partial charge >= 0.3 is 5.97 Å². The van der Waals surface area contributed by atoms with E-state index in [-0.39, 0.29) is 11.4 Å². The van der Waals surface area contributed by atoms with Crippen LogP contribution in [-0.2, 0) is 10.2 Å². The Kier molecular flexibility index (Phi) is 3.18. The van der Waals surface area contributed by atoms with Crippen LogP contribution >= 0.6 is 0 Å². The Morgan fingerprint density at radius 2 is 1.87 bits per heavy atom. The highest BCUT2D eigenvalue weighted by Crippen LogP contribution is 2.24. The smallest absolute Gasteiger partial charge is 0.338 e. The zero-order valence-corrected chi connectivity index (χ0v) is 10.0. The summed E-state index contributed by atoms with van der Waals surface area (Å²) in [6, 6.07) is 5.87. The Morgan fingerprint density at radius 3 is 2.27 bits per heavy atom. The average molecular weight is 206 g/mol. The standard InChI is InChI=1S/C13H18O2/c1-9-8-10(13(2,3)4)6-7-11(9)12(14)15-5/h6-8H,1-5H3. The summed E-state index contributed by atoms with van der Waals surface area (Å²) in [5.74, 6) is -0.270. The summed E-state index contributed by atoms with van der Waals surface area (Å²) in [6.45, 7) is 8.39. The maximum atomic E-state index is 11.4. The third-order valence-electron chi connectivity index (χ3n) is 2.50. The molecule has 0 aromatic heterocycles. The second-order valence-corrected chi connectivity index (χ2v) is 4.77. The van der Waals surface area contributed by atoms with Gasteiger partial charge in [0.25, 0.3) is 0 Å². The molecule has 0 saturated heterocycles. The number of carbonyl (C=O) groups is 1. The number of ether oxygens (including phenoxy) is 1. The Bertz CT molecular complexity index is 373. The highest BCUT2D eigenvalue weighted by Gasteiger charge is 2.16. The third kappa shape index (κ3) is 2.58. The molecule has 0 bridgehead atoms. The lowest BCUT2D eigenvalue weighted by molar-refractivity contribution is 0.0600. The van der Waals surface area contributed by atoms with Gasteiger partial charge < -0.3 is 4.74 Å². The molecule has 1 rings (SSSR count). The largest absolute Gasteiger partial charge is 0.465 e. The van der Waals surface area contributed by atoms with E-state index in [1.54, 1.807) is 0 Å². The van der Waals surface area contributed by atoms with Gasteiger partial charge in [0.1, 0.15) is 0 Å². The van der Waals surface area contributed by atoms with Gasteiger partial charge in [-0.1, -0.05) is 32.9 Å². The first-order chi connectivity index (χ1) is 6.86. The fraction of sp³-hybridized carbons (Fsp3) is 0.462. The highest BCUT2D eigenvalue weighted by atomic mass is 16.5. The van der Waals surface area contributed by atoms with Crippen molar-refractivity contribution in [2.45, 2.75) is 33.1 Å². The SMILES string of the molecule is COC(=O)c1ccc(C(C)(C)C)cc1C. The third-order valence-corrected chi connectivity index (χ3v) is 2.50. The molecule has 0 saturated carbocycles. The first-order valence-electron chi connectivity index (χ1n) is 5.05. The first kappa shape index (κ1) is 11.8. The van der Waals surface area contributed by atoms with Gasteiger partial charge in [-0.2, -0.15) is 0 Å². The van der Waals surface area contributed by atoms with E-state index in [9.17, 15) is 4.79 Å². The summed E-state index contributed by atoms with van der Waals surface area (Å²) in [7, 11) is 1.40. The second-order valence-electron chi connectivity index (χ2n) is 4.77. The molecule has 0 aliphatic carbocycles. The second kappa shape index (κ2) is 4.05. The highest BCUT2D eigenvalue weighted by molar-refractivity contribution is 5.91. The number of benzene rings is 1. The van der Waals surface area contributed by atoms with Crippen LogP contribution in [0.1, 0.15) is 42.3 Å². The van der Waals surface area contributed by atoms with E-state index in [1.807, 2.05) is 25.1 Å². The molecule has 1 aromatic rings. The molecule has 1 aromatic carbocycles. The van der Waals surface area contributed by atoms with Gasteiger partial charge in [-0.3, -0.25) is 0 Å². The molecule has 15 heavy (non-hydrogen) atoms. The van der Waals surface area contributed by atoms with Gasteiger partial charge in [0.05, 0.1) is 12.7 Å². The zero-order chi connectivity index (χ0) is 11.6. The average Bonchev–Trinajstić information content (AvgIpc) is 2.15. The molecule has 0 fully saturated rings. The summed E-state index contributed by atoms with van der Waals surface area (Å²) >= 11 is 0. The Morgan fingerprint density at radius 1 is 1.27 bits per heavy atom. The van der Waals surface area contributed by atoms with Gasteiger partial charge in [-0.05, 0) is 29.5 Å². The summed E-state index contributed by atoms with van der Waals surface area (Å²) < 4.78 is 4.70. The number of hydrogen-bond acceptors (Lipinski definition) is 2. The van der Waals surface area contributed by atoms with Gasteiger partial charge in [0.2, 0.25) is 0 Å². The van der Waals surface area contributed by atoms with Crippen molar-refractivity contribution in [1.29, 1.82) is 0 Å².